The second-order valence-electron chi connectivity index (χ2n) is 4.09. The lowest BCUT2D eigenvalue weighted by Gasteiger charge is -2.08. The van der Waals surface area contributed by atoms with E-state index in [1.54, 1.807) is 0 Å². The second-order valence-corrected chi connectivity index (χ2v) is 4.49. The van der Waals surface area contributed by atoms with E-state index in [-0.39, 0.29) is 22.9 Å². The van der Waals surface area contributed by atoms with Gasteiger partial charge in [0.2, 0.25) is 0 Å². The zero-order chi connectivity index (χ0) is 15.2. The number of rotatable bonds is 5. The Hall–Kier alpha value is -2.14. The van der Waals surface area contributed by atoms with Crippen molar-refractivity contribution in [3.63, 3.8) is 0 Å². The Morgan fingerprint density at radius 3 is 2.48 bits per heavy atom. The molecule has 21 heavy (non-hydrogen) atoms. The lowest BCUT2D eigenvalue weighted by Crippen LogP contribution is -2.06. The van der Waals surface area contributed by atoms with E-state index in [2.05, 4.69) is 4.74 Å². The lowest BCUT2D eigenvalue weighted by atomic mass is 10.2. The summed E-state index contributed by atoms with van der Waals surface area (Å²) in [6.45, 7) is -2.86. The molecule has 0 unspecified atom stereocenters. The van der Waals surface area contributed by atoms with Gasteiger partial charge in [0.05, 0.1) is 10.6 Å². The number of hydrogen-bond donors (Lipinski definition) is 0. The summed E-state index contributed by atoms with van der Waals surface area (Å²) in [6.07, 6.45) is 0. The molecule has 0 saturated heterocycles. The van der Waals surface area contributed by atoms with Gasteiger partial charge in [-0.3, -0.25) is 0 Å². The summed E-state index contributed by atoms with van der Waals surface area (Å²) in [5, 5.41) is -0.0792. The predicted octanol–water partition coefficient (Wildman–Crippen LogP) is 4.30. The molecule has 0 spiro atoms. The van der Waals surface area contributed by atoms with E-state index in [9.17, 15) is 13.6 Å². The number of alkyl halides is 2. The van der Waals surface area contributed by atoms with Gasteiger partial charge in [0.15, 0.2) is 0 Å². The normalized spacial score (nSPS) is 10.5. The molecular weight excluding hydrogens is 302 g/mol. The summed E-state index contributed by atoms with van der Waals surface area (Å²) in [7, 11) is 0. The van der Waals surface area contributed by atoms with Crippen LogP contribution in [0, 0.1) is 0 Å². The smallest absolute Gasteiger partial charge is 0.387 e. The topological polar surface area (TPSA) is 35.5 Å². The summed E-state index contributed by atoms with van der Waals surface area (Å²) in [6, 6.07) is 12.9. The molecule has 0 aliphatic rings. The molecule has 0 amide bonds. The van der Waals surface area contributed by atoms with E-state index in [1.165, 1.54) is 18.2 Å². The molecule has 0 heterocycles. The van der Waals surface area contributed by atoms with E-state index in [1.807, 2.05) is 30.3 Å². The molecule has 0 aliphatic heterocycles. The number of benzene rings is 2. The van der Waals surface area contributed by atoms with Crippen LogP contribution in [0.2, 0.25) is 5.02 Å². The van der Waals surface area contributed by atoms with Crippen LogP contribution in [0.1, 0.15) is 15.9 Å². The first-order valence-corrected chi connectivity index (χ1v) is 6.39. The summed E-state index contributed by atoms with van der Waals surface area (Å²) in [5.41, 5.74) is 1.01. The van der Waals surface area contributed by atoms with Gasteiger partial charge in [-0.2, -0.15) is 8.78 Å². The summed E-state index contributed by atoms with van der Waals surface area (Å²) in [5.74, 6) is -0.782. The summed E-state index contributed by atoms with van der Waals surface area (Å²) in [4.78, 5) is 11.8. The van der Waals surface area contributed by atoms with E-state index in [0.29, 0.717) is 0 Å². The van der Waals surface area contributed by atoms with Crippen molar-refractivity contribution < 1.29 is 23.0 Å². The van der Waals surface area contributed by atoms with Crippen LogP contribution in [-0.2, 0) is 11.3 Å². The number of hydrogen-bond acceptors (Lipinski definition) is 3. The molecule has 0 aliphatic carbocycles. The van der Waals surface area contributed by atoms with Gasteiger partial charge in [0.25, 0.3) is 0 Å². The lowest BCUT2D eigenvalue weighted by molar-refractivity contribution is -0.0497. The minimum Gasteiger partial charge on any atom is -0.457 e. The standard InChI is InChI=1S/C15H11ClF2O3/c16-12-8-11(6-7-13(12)21-15(17)18)14(19)20-9-10-4-2-1-3-5-10/h1-8,15H,9H2. The highest BCUT2D eigenvalue weighted by Crippen LogP contribution is 2.27. The first kappa shape index (κ1) is 15.3. The summed E-state index contributed by atoms with van der Waals surface area (Å²) < 4.78 is 33.5. The highest BCUT2D eigenvalue weighted by Gasteiger charge is 2.13. The predicted molar refractivity (Wildman–Crippen MR) is 73.6 cm³/mol. The van der Waals surface area contributed by atoms with Crippen LogP contribution in [0.25, 0.3) is 0 Å². The number of ether oxygens (including phenoxy) is 2. The van der Waals surface area contributed by atoms with Gasteiger partial charge in [-0.25, -0.2) is 4.79 Å². The molecule has 3 nitrogen and oxygen atoms in total. The minimum absolute atomic E-state index is 0.0792. The van der Waals surface area contributed by atoms with Gasteiger partial charge in [0, 0.05) is 0 Å². The van der Waals surface area contributed by atoms with Crippen LogP contribution >= 0.6 is 11.6 Å². The van der Waals surface area contributed by atoms with Crippen LogP contribution in [0.5, 0.6) is 5.75 Å². The van der Waals surface area contributed by atoms with Crippen molar-refractivity contribution in [3.05, 3.63) is 64.7 Å². The molecule has 2 aromatic rings. The third-order valence-electron chi connectivity index (χ3n) is 2.60. The largest absolute Gasteiger partial charge is 0.457 e. The number of carbonyl (C=O) groups excluding carboxylic acids is 1. The SMILES string of the molecule is O=C(OCc1ccccc1)c1ccc(OC(F)F)c(Cl)c1. The average Bonchev–Trinajstić information content (AvgIpc) is 2.47. The first-order valence-electron chi connectivity index (χ1n) is 6.01. The zero-order valence-corrected chi connectivity index (χ0v) is 11.5. The molecule has 0 saturated carbocycles. The molecule has 0 bridgehead atoms. The van der Waals surface area contributed by atoms with E-state index in [4.69, 9.17) is 16.3 Å². The van der Waals surface area contributed by atoms with Crippen LogP contribution < -0.4 is 4.74 Å². The van der Waals surface area contributed by atoms with E-state index < -0.39 is 12.6 Å². The fraction of sp³-hybridized carbons (Fsp3) is 0.133. The Labute approximate surface area is 125 Å². The highest BCUT2D eigenvalue weighted by atomic mass is 35.5. The number of halogens is 3. The second kappa shape index (κ2) is 7.04. The Kier molecular flexibility index (Phi) is 5.11. The van der Waals surface area contributed by atoms with Crippen LogP contribution in [-0.4, -0.2) is 12.6 Å². The molecular formula is C15H11ClF2O3. The number of esters is 1. The van der Waals surface area contributed by atoms with Crippen molar-refractivity contribution in [1.29, 1.82) is 0 Å². The third-order valence-corrected chi connectivity index (χ3v) is 2.89. The molecule has 110 valence electrons. The van der Waals surface area contributed by atoms with Crippen LogP contribution in [0.3, 0.4) is 0 Å². The van der Waals surface area contributed by atoms with Crippen molar-refractivity contribution in [2.75, 3.05) is 0 Å². The van der Waals surface area contributed by atoms with E-state index in [0.717, 1.165) is 5.56 Å². The quantitative estimate of drug-likeness (QED) is 0.772. The fourth-order valence-corrected chi connectivity index (χ4v) is 1.85. The molecule has 2 rings (SSSR count). The van der Waals surface area contributed by atoms with Crippen molar-refractivity contribution >= 4 is 17.6 Å². The Morgan fingerprint density at radius 2 is 1.86 bits per heavy atom. The van der Waals surface area contributed by atoms with Crippen molar-refractivity contribution in [3.8, 4) is 5.75 Å². The highest BCUT2D eigenvalue weighted by molar-refractivity contribution is 6.32. The molecule has 0 atom stereocenters. The fourth-order valence-electron chi connectivity index (χ4n) is 1.63. The molecule has 0 aromatic heterocycles. The van der Waals surface area contributed by atoms with Gasteiger partial charge in [0.1, 0.15) is 12.4 Å². The maximum absolute atomic E-state index is 12.1. The van der Waals surface area contributed by atoms with Crippen molar-refractivity contribution in [1.82, 2.24) is 0 Å². The van der Waals surface area contributed by atoms with Crippen LogP contribution in [0.15, 0.2) is 48.5 Å². The third kappa shape index (κ3) is 4.43. The Bertz CT molecular complexity index is 618. The molecule has 6 heteroatoms. The molecule has 0 fully saturated rings. The van der Waals surface area contributed by atoms with Gasteiger partial charge in [-0.1, -0.05) is 41.9 Å². The van der Waals surface area contributed by atoms with Gasteiger partial charge in [-0.05, 0) is 23.8 Å². The summed E-state index contributed by atoms with van der Waals surface area (Å²) >= 11 is 5.77. The molecule has 0 radical (unpaired) electrons. The van der Waals surface area contributed by atoms with Crippen molar-refractivity contribution in [2.45, 2.75) is 13.2 Å². The minimum atomic E-state index is -2.97. The zero-order valence-electron chi connectivity index (χ0n) is 10.8. The van der Waals surface area contributed by atoms with Gasteiger partial charge in [-0.15, -0.1) is 0 Å². The maximum atomic E-state index is 12.1. The molecule has 0 N–H and O–H groups in total. The maximum Gasteiger partial charge on any atom is 0.387 e. The first-order chi connectivity index (χ1) is 10.1. The monoisotopic (exact) mass is 312 g/mol. The Balaban J connectivity index is 2.01. The van der Waals surface area contributed by atoms with Crippen molar-refractivity contribution in [2.24, 2.45) is 0 Å². The molecule has 2 aromatic carbocycles. The van der Waals surface area contributed by atoms with Crippen LogP contribution in [0.4, 0.5) is 8.78 Å². The number of carbonyl (C=O) groups is 1. The average molecular weight is 313 g/mol. The Morgan fingerprint density at radius 1 is 1.14 bits per heavy atom. The van der Waals surface area contributed by atoms with E-state index >= 15 is 0 Å². The van der Waals surface area contributed by atoms with Gasteiger partial charge < -0.3 is 9.47 Å². The van der Waals surface area contributed by atoms with Gasteiger partial charge >= 0.3 is 12.6 Å².